The largest absolute Gasteiger partial charge is 0.276 e. The molecule has 1 aliphatic heterocycles. The SMILES string of the molecule is C[Si](C)(C)C#Cc1ccc2c(c1)N(c1ccccc1)NC(c1ccccc1)=N2. The van der Waals surface area contributed by atoms with E-state index in [1.807, 2.05) is 36.4 Å². The molecule has 0 unspecified atom stereocenters. The summed E-state index contributed by atoms with van der Waals surface area (Å²) in [6.45, 7) is 6.77. The van der Waals surface area contributed by atoms with Gasteiger partial charge in [-0.05, 0) is 30.3 Å². The Hall–Kier alpha value is -3.29. The normalized spacial score (nSPS) is 13.0. The molecule has 28 heavy (non-hydrogen) atoms. The maximum Gasteiger partial charge on any atom is 0.152 e. The van der Waals surface area contributed by atoms with E-state index in [-0.39, 0.29) is 0 Å². The Balaban J connectivity index is 1.82. The molecule has 0 fully saturated rings. The summed E-state index contributed by atoms with van der Waals surface area (Å²) in [5.74, 6) is 4.19. The number of hydrogen-bond acceptors (Lipinski definition) is 3. The van der Waals surface area contributed by atoms with Gasteiger partial charge in [0.05, 0.1) is 17.1 Å². The van der Waals surface area contributed by atoms with Crippen LogP contribution in [0.25, 0.3) is 0 Å². The Morgan fingerprint density at radius 2 is 1.54 bits per heavy atom. The molecule has 0 aromatic heterocycles. The van der Waals surface area contributed by atoms with Gasteiger partial charge in [-0.2, -0.15) is 0 Å². The van der Waals surface area contributed by atoms with Crippen molar-refractivity contribution in [2.24, 2.45) is 4.99 Å². The van der Waals surface area contributed by atoms with Gasteiger partial charge in [0.2, 0.25) is 0 Å². The second-order valence-corrected chi connectivity index (χ2v) is 12.6. The highest BCUT2D eigenvalue weighted by Gasteiger charge is 2.21. The van der Waals surface area contributed by atoms with Crippen molar-refractivity contribution in [3.63, 3.8) is 0 Å². The van der Waals surface area contributed by atoms with Gasteiger partial charge in [-0.25, -0.2) is 4.99 Å². The zero-order valence-electron chi connectivity index (χ0n) is 16.4. The summed E-state index contributed by atoms with van der Waals surface area (Å²) in [7, 11) is -1.43. The lowest BCUT2D eigenvalue weighted by Gasteiger charge is -2.32. The second-order valence-electron chi connectivity index (χ2n) is 7.81. The standard InChI is InChI=1S/C24H23N3Si/c1-28(2,3)17-16-19-14-15-22-23(18-19)27(21-12-8-5-9-13-21)26-24(25-22)20-10-6-4-7-11-20/h4-15,18H,1-3H3,(H,25,26). The molecule has 1 heterocycles. The van der Waals surface area contributed by atoms with Crippen LogP contribution in [0.2, 0.25) is 19.6 Å². The van der Waals surface area contributed by atoms with Gasteiger partial charge >= 0.3 is 0 Å². The molecule has 3 nitrogen and oxygen atoms in total. The number of amidine groups is 1. The summed E-state index contributed by atoms with van der Waals surface area (Å²) < 4.78 is 0. The minimum Gasteiger partial charge on any atom is -0.276 e. The van der Waals surface area contributed by atoms with Gasteiger partial charge in [0.15, 0.2) is 5.84 Å². The van der Waals surface area contributed by atoms with Crippen LogP contribution in [-0.2, 0) is 0 Å². The number of hydrogen-bond donors (Lipinski definition) is 1. The zero-order chi connectivity index (χ0) is 19.6. The molecular weight excluding hydrogens is 358 g/mol. The fourth-order valence-electron chi connectivity index (χ4n) is 2.95. The van der Waals surface area contributed by atoms with Gasteiger partial charge in [0.25, 0.3) is 0 Å². The number of para-hydroxylation sites is 1. The van der Waals surface area contributed by atoms with E-state index < -0.39 is 8.07 Å². The van der Waals surface area contributed by atoms with Crippen molar-refractivity contribution in [3.05, 3.63) is 90.0 Å². The Morgan fingerprint density at radius 1 is 0.857 bits per heavy atom. The summed E-state index contributed by atoms with van der Waals surface area (Å²) in [6.07, 6.45) is 0. The molecule has 1 aliphatic rings. The Morgan fingerprint density at radius 3 is 2.21 bits per heavy atom. The van der Waals surface area contributed by atoms with Crippen molar-refractivity contribution >= 4 is 31.0 Å². The average molecular weight is 382 g/mol. The Bertz CT molecular complexity index is 1070. The van der Waals surface area contributed by atoms with Crippen LogP contribution in [0, 0.1) is 11.5 Å². The number of fused-ring (bicyclic) bond motifs is 1. The van der Waals surface area contributed by atoms with Crippen LogP contribution >= 0.6 is 0 Å². The molecule has 3 aromatic carbocycles. The van der Waals surface area contributed by atoms with Gasteiger partial charge < -0.3 is 0 Å². The smallest absolute Gasteiger partial charge is 0.152 e. The third-order valence-electron chi connectivity index (χ3n) is 4.31. The van der Waals surface area contributed by atoms with E-state index in [0.29, 0.717) is 0 Å². The fraction of sp³-hybridized carbons (Fsp3) is 0.125. The molecule has 138 valence electrons. The van der Waals surface area contributed by atoms with E-state index in [9.17, 15) is 0 Å². The van der Waals surface area contributed by atoms with Crippen molar-refractivity contribution in [3.8, 4) is 11.5 Å². The van der Waals surface area contributed by atoms with Gasteiger partial charge in [0, 0.05) is 11.1 Å². The predicted octanol–water partition coefficient (Wildman–Crippen LogP) is 5.65. The number of aliphatic imine (C=N–C) groups is 1. The number of hydrazine groups is 1. The molecule has 0 radical (unpaired) electrons. The van der Waals surface area contributed by atoms with Crippen LogP contribution in [-0.4, -0.2) is 13.9 Å². The first-order valence-corrected chi connectivity index (χ1v) is 12.9. The van der Waals surface area contributed by atoms with Gasteiger partial charge in [-0.15, -0.1) is 5.54 Å². The molecule has 4 heteroatoms. The zero-order valence-corrected chi connectivity index (χ0v) is 17.4. The monoisotopic (exact) mass is 381 g/mol. The van der Waals surface area contributed by atoms with Crippen LogP contribution in [0.15, 0.2) is 83.9 Å². The topological polar surface area (TPSA) is 27.6 Å². The van der Waals surface area contributed by atoms with E-state index in [0.717, 1.165) is 34.0 Å². The van der Waals surface area contributed by atoms with Gasteiger partial charge in [0.1, 0.15) is 8.07 Å². The third-order valence-corrected chi connectivity index (χ3v) is 5.18. The molecule has 0 bridgehead atoms. The lowest BCUT2D eigenvalue weighted by atomic mass is 10.1. The highest BCUT2D eigenvalue weighted by molar-refractivity contribution is 6.83. The number of nitrogens with one attached hydrogen (secondary N) is 1. The third kappa shape index (κ3) is 4.00. The van der Waals surface area contributed by atoms with Crippen molar-refractivity contribution in [1.29, 1.82) is 0 Å². The Kier molecular flexibility index (Phi) is 4.77. The highest BCUT2D eigenvalue weighted by atomic mass is 28.3. The molecule has 0 aliphatic carbocycles. The van der Waals surface area contributed by atoms with Crippen LogP contribution < -0.4 is 10.4 Å². The summed E-state index contributed by atoms with van der Waals surface area (Å²) >= 11 is 0. The predicted molar refractivity (Wildman–Crippen MR) is 121 cm³/mol. The lowest BCUT2D eigenvalue weighted by Crippen LogP contribution is -2.41. The Labute approximate surface area is 167 Å². The van der Waals surface area contributed by atoms with Crippen molar-refractivity contribution < 1.29 is 0 Å². The maximum absolute atomic E-state index is 4.87. The van der Waals surface area contributed by atoms with Crippen LogP contribution in [0.5, 0.6) is 0 Å². The summed E-state index contributed by atoms with van der Waals surface area (Å²) in [4.78, 5) is 4.87. The summed E-state index contributed by atoms with van der Waals surface area (Å²) in [5, 5.41) is 2.09. The van der Waals surface area contributed by atoms with Crippen molar-refractivity contribution in [1.82, 2.24) is 5.43 Å². The molecule has 0 atom stereocenters. The highest BCUT2D eigenvalue weighted by Crippen LogP contribution is 2.36. The fourth-order valence-corrected chi connectivity index (χ4v) is 3.47. The van der Waals surface area contributed by atoms with E-state index >= 15 is 0 Å². The lowest BCUT2D eigenvalue weighted by molar-refractivity contribution is 0.914. The molecule has 0 saturated heterocycles. The first-order valence-electron chi connectivity index (χ1n) is 9.43. The summed E-state index contributed by atoms with van der Waals surface area (Å²) in [6, 6.07) is 26.7. The first-order chi connectivity index (χ1) is 13.5. The van der Waals surface area contributed by atoms with E-state index in [4.69, 9.17) is 4.99 Å². The van der Waals surface area contributed by atoms with E-state index in [2.05, 4.69) is 84.0 Å². The molecule has 3 aromatic rings. The van der Waals surface area contributed by atoms with Crippen molar-refractivity contribution in [2.75, 3.05) is 5.01 Å². The van der Waals surface area contributed by atoms with Crippen LogP contribution in [0.1, 0.15) is 11.1 Å². The maximum atomic E-state index is 4.87. The molecule has 0 saturated carbocycles. The molecule has 4 rings (SSSR count). The van der Waals surface area contributed by atoms with Gasteiger partial charge in [-0.3, -0.25) is 10.4 Å². The van der Waals surface area contributed by atoms with E-state index in [1.54, 1.807) is 0 Å². The molecule has 1 N–H and O–H groups in total. The number of rotatable bonds is 2. The molecular formula is C24H23N3Si. The van der Waals surface area contributed by atoms with E-state index in [1.165, 1.54) is 0 Å². The minimum absolute atomic E-state index is 0.831. The first kappa shape index (κ1) is 18.1. The number of benzene rings is 3. The van der Waals surface area contributed by atoms with Gasteiger partial charge in [-0.1, -0.05) is 74.1 Å². The average Bonchev–Trinajstić information content (AvgIpc) is 2.72. The summed E-state index contributed by atoms with van der Waals surface area (Å²) in [5.41, 5.74) is 12.0. The van der Waals surface area contributed by atoms with Crippen molar-refractivity contribution in [2.45, 2.75) is 19.6 Å². The minimum atomic E-state index is -1.43. The number of nitrogens with zero attached hydrogens (tertiary/aromatic N) is 2. The molecule has 0 spiro atoms. The molecule has 0 amide bonds. The van der Waals surface area contributed by atoms with Crippen LogP contribution in [0.4, 0.5) is 17.1 Å². The number of anilines is 2. The second kappa shape index (κ2) is 7.38. The quantitative estimate of drug-likeness (QED) is 0.459. The van der Waals surface area contributed by atoms with Crippen LogP contribution in [0.3, 0.4) is 0 Å².